The van der Waals surface area contributed by atoms with E-state index < -0.39 is 12.6 Å². The minimum Gasteiger partial charge on any atom is -0.481 e. The zero-order valence-electron chi connectivity index (χ0n) is 13.8. The van der Waals surface area contributed by atoms with Crippen molar-refractivity contribution in [1.29, 1.82) is 0 Å². The van der Waals surface area contributed by atoms with Gasteiger partial charge in [0.2, 0.25) is 0 Å². The van der Waals surface area contributed by atoms with Crippen LogP contribution in [0.5, 0.6) is 5.75 Å². The number of rotatable bonds is 6. The number of aliphatic carboxylic acids is 1. The molecule has 1 aromatic heterocycles. The number of carbonyl (C=O) groups excluding carboxylic acids is 1. The Morgan fingerprint density at radius 2 is 1.88 bits per heavy atom. The number of aromatic nitrogens is 2. The van der Waals surface area contributed by atoms with Crippen LogP contribution in [0.3, 0.4) is 0 Å². The first kappa shape index (κ1) is 17.4. The first-order valence-corrected chi connectivity index (χ1v) is 7.34. The summed E-state index contributed by atoms with van der Waals surface area (Å²) in [6.07, 6.45) is 4.77. The number of hydrogen-bond donors (Lipinski definition) is 1. The van der Waals surface area contributed by atoms with Gasteiger partial charge in [0.25, 0.3) is 5.91 Å². The Labute approximate surface area is 139 Å². The molecule has 0 bridgehead atoms. The third-order valence-electron chi connectivity index (χ3n) is 3.41. The van der Waals surface area contributed by atoms with Gasteiger partial charge in [-0.15, -0.1) is 0 Å². The molecule has 0 radical (unpaired) electrons. The van der Waals surface area contributed by atoms with Crippen molar-refractivity contribution in [2.24, 2.45) is 0 Å². The first-order valence-electron chi connectivity index (χ1n) is 7.34. The van der Waals surface area contributed by atoms with Crippen LogP contribution in [0, 0.1) is 13.8 Å². The second kappa shape index (κ2) is 7.54. The molecule has 0 spiro atoms. The smallest absolute Gasteiger partial charge is 0.341 e. The van der Waals surface area contributed by atoms with Gasteiger partial charge in [0.15, 0.2) is 6.61 Å². The van der Waals surface area contributed by atoms with E-state index in [1.165, 1.54) is 0 Å². The molecule has 1 heterocycles. The highest BCUT2D eigenvalue weighted by molar-refractivity contribution is 5.94. The van der Waals surface area contributed by atoms with E-state index in [1.807, 2.05) is 0 Å². The molecular formula is C17H19N3O4. The topological polar surface area (TPSA) is 92.6 Å². The molecule has 0 atom stereocenters. The lowest BCUT2D eigenvalue weighted by Crippen LogP contribution is -2.27. The average Bonchev–Trinajstić information content (AvgIpc) is 2.53. The summed E-state index contributed by atoms with van der Waals surface area (Å²) < 4.78 is 5.28. The van der Waals surface area contributed by atoms with Gasteiger partial charge in [-0.05, 0) is 37.1 Å². The van der Waals surface area contributed by atoms with Crippen LogP contribution >= 0.6 is 0 Å². The SMILES string of the molecule is Cc1cc(C(=O)N(C)Cc2cnccn2)cc(C)c1OCC(=O)O. The molecule has 2 rings (SSSR count). The lowest BCUT2D eigenvalue weighted by molar-refractivity contribution is -0.139. The van der Waals surface area contributed by atoms with Crippen molar-refractivity contribution in [1.82, 2.24) is 14.9 Å². The monoisotopic (exact) mass is 329 g/mol. The van der Waals surface area contributed by atoms with E-state index in [0.717, 1.165) is 0 Å². The molecule has 0 saturated heterocycles. The molecule has 0 aliphatic rings. The largest absolute Gasteiger partial charge is 0.481 e. The van der Waals surface area contributed by atoms with E-state index in [2.05, 4.69) is 9.97 Å². The van der Waals surface area contributed by atoms with Crippen molar-refractivity contribution < 1.29 is 19.4 Å². The van der Waals surface area contributed by atoms with Crippen LogP contribution in [0.2, 0.25) is 0 Å². The average molecular weight is 329 g/mol. The molecule has 1 amide bonds. The first-order chi connectivity index (χ1) is 11.4. The zero-order valence-corrected chi connectivity index (χ0v) is 13.8. The van der Waals surface area contributed by atoms with Crippen LogP contribution in [-0.4, -0.2) is 45.5 Å². The molecule has 0 aliphatic carbocycles. The molecule has 1 N–H and O–H groups in total. The van der Waals surface area contributed by atoms with Crippen molar-refractivity contribution in [2.45, 2.75) is 20.4 Å². The van der Waals surface area contributed by atoms with Crippen LogP contribution in [0.15, 0.2) is 30.7 Å². The van der Waals surface area contributed by atoms with Crippen molar-refractivity contribution in [3.8, 4) is 5.75 Å². The lowest BCUT2D eigenvalue weighted by Gasteiger charge is -2.18. The van der Waals surface area contributed by atoms with Gasteiger partial charge in [0, 0.05) is 25.0 Å². The molecule has 0 aliphatic heterocycles. The summed E-state index contributed by atoms with van der Waals surface area (Å²) >= 11 is 0. The molecule has 0 unspecified atom stereocenters. The summed E-state index contributed by atoms with van der Waals surface area (Å²) in [5.74, 6) is -0.708. The fourth-order valence-electron chi connectivity index (χ4n) is 2.38. The Morgan fingerprint density at radius 3 is 2.42 bits per heavy atom. The maximum Gasteiger partial charge on any atom is 0.341 e. The van der Waals surface area contributed by atoms with Gasteiger partial charge in [0.1, 0.15) is 5.75 Å². The number of ether oxygens (including phenoxy) is 1. The Kier molecular flexibility index (Phi) is 5.47. The number of carbonyl (C=O) groups is 2. The van der Waals surface area contributed by atoms with Gasteiger partial charge in [-0.3, -0.25) is 14.8 Å². The van der Waals surface area contributed by atoms with E-state index in [1.54, 1.807) is 56.5 Å². The van der Waals surface area contributed by atoms with Crippen LogP contribution in [-0.2, 0) is 11.3 Å². The Bertz CT molecular complexity index is 724. The number of nitrogens with zero attached hydrogens (tertiary/aromatic N) is 3. The molecule has 126 valence electrons. The van der Waals surface area contributed by atoms with E-state index >= 15 is 0 Å². The van der Waals surface area contributed by atoms with E-state index in [0.29, 0.717) is 34.7 Å². The number of carboxylic acids is 1. The van der Waals surface area contributed by atoms with Gasteiger partial charge in [0.05, 0.1) is 18.4 Å². The molecule has 0 fully saturated rings. The van der Waals surface area contributed by atoms with E-state index in [-0.39, 0.29) is 5.91 Å². The third kappa shape index (κ3) is 4.28. The summed E-state index contributed by atoms with van der Waals surface area (Å²) in [7, 11) is 1.69. The molecule has 24 heavy (non-hydrogen) atoms. The van der Waals surface area contributed by atoms with Crippen LogP contribution in [0.1, 0.15) is 27.2 Å². The second-order valence-electron chi connectivity index (χ2n) is 5.48. The normalized spacial score (nSPS) is 10.3. The summed E-state index contributed by atoms with van der Waals surface area (Å²) in [6, 6.07) is 3.39. The number of aryl methyl sites for hydroxylation is 2. The fourth-order valence-corrected chi connectivity index (χ4v) is 2.38. The number of hydrogen-bond acceptors (Lipinski definition) is 5. The summed E-state index contributed by atoms with van der Waals surface area (Å²) in [5.41, 5.74) is 2.64. The van der Waals surface area contributed by atoms with Gasteiger partial charge in [-0.25, -0.2) is 4.79 Å². The molecule has 7 heteroatoms. The van der Waals surface area contributed by atoms with Gasteiger partial charge in [-0.1, -0.05) is 0 Å². The summed E-state index contributed by atoms with van der Waals surface area (Å²) in [5, 5.41) is 8.72. The predicted molar refractivity (Wildman–Crippen MR) is 86.9 cm³/mol. The maximum absolute atomic E-state index is 12.6. The highest BCUT2D eigenvalue weighted by atomic mass is 16.5. The minimum atomic E-state index is -1.04. The zero-order chi connectivity index (χ0) is 17.7. The van der Waals surface area contributed by atoms with Gasteiger partial charge in [-0.2, -0.15) is 0 Å². The Hall–Kier alpha value is -2.96. The number of carboxylic acid groups (broad SMARTS) is 1. The summed E-state index contributed by atoms with van der Waals surface area (Å²) in [4.78, 5) is 32.9. The van der Waals surface area contributed by atoms with E-state index in [4.69, 9.17) is 9.84 Å². The second-order valence-corrected chi connectivity index (χ2v) is 5.48. The van der Waals surface area contributed by atoms with E-state index in [9.17, 15) is 9.59 Å². The van der Waals surface area contributed by atoms with Gasteiger partial charge < -0.3 is 14.7 Å². The summed E-state index contributed by atoms with van der Waals surface area (Å²) in [6.45, 7) is 3.50. The third-order valence-corrected chi connectivity index (χ3v) is 3.41. The Morgan fingerprint density at radius 1 is 1.21 bits per heavy atom. The van der Waals surface area contributed by atoms with Crippen molar-refractivity contribution in [3.63, 3.8) is 0 Å². The standard InChI is InChI=1S/C17H19N3O4/c1-11-6-13(7-12(2)16(11)24-10-15(21)22)17(23)20(3)9-14-8-18-4-5-19-14/h4-8H,9-10H2,1-3H3,(H,21,22). The number of benzene rings is 1. The van der Waals surface area contributed by atoms with Crippen molar-refractivity contribution in [2.75, 3.05) is 13.7 Å². The predicted octanol–water partition coefficient (Wildman–Crippen LogP) is 1.83. The van der Waals surface area contributed by atoms with Crippen molar-refractivity contribution in [3.05, 3.63) is 53.1 Å². The molecule has 2 aromatic rings. The molecule has 7 nitrogen and oxygen atoms in total. The van der Waals surface area contributed by atoms with Gasteiger partial charge >= 0.3 is 5.97 Å². The molecular weight excluding hydrogens is 310 g/mol. The maximum atomic E-state index is 12.6. The van der Waals surface area contributed by atoms with Crippen LogP contribution in [0.4, 0.5) is 0 Å². The van der Waals surface area contributed by atoms with Crippen LogP contribution < -0.4 is 4.74 Å². The van der Waals surface area contributed by atoms with Crippen LogP contribution in [0.25, 0.3) is 0 Å². The molecule has 1 aromatic carbocycles. The van der Waals surface area contributed by atoms with Crippen molar-refractivity contribution >= 4 is 11.9 Å². The number of amides is 1. The highest BCUT2D eigenvalue weighted by Crippen LogP contribution is 2.25. The highest BCUT2D eigenvalue weighted by Gasteiger charge is 2.16. The fraction of sp³-hybridized carbons (Fsp3) is 0.294. The minimum absolute atomic E-state index is 0.156. The molecule has 0 saturated carbocycles. The quantitative estimate of drug-likeness (QED) is 0.869. The Balaban J connectivity index is 2.16. The lowest BCUT2D eigenvalue weighted by atomic mass is 10.0.